The lowest BCUT2D eigenvalue weighted by molar-refractivity contribution is 1.20. The highest BCUT2D eigenvalue weighted by Crippen LogP contribution is 2.49. The van der Waals surface area contributed by atoms with E-state index in [1.165, 1.54) is 0 Å². The third kappa shape index (κ3) is 2.03. The molecule has 90 valence electrons. The summed E-state index contributed by atoms with van der Waals surface area (Å²) in [7, 11) is 0. The molecule has 1 aromatic carbocycles. The molecule has 2 aromatic heterocycles. The Morgan fingerprint density at radius 3 is 2.33 bits per heavy atom. The fourth-order valence-corrected chi connectivity index (χ4v) is 3.91. The van der Waals surface area contributed by atoms with Crippen LogP contribution in [0.5, 0.6) is 0 Å². The summed E-state index contributed by atoms with van der Waals surface area (Å²) in [5, 5.41) is 1.03. The van der Waals surface area contributed by atoms with Crippen LogP contribution < -0.4 is 5.30 Å². The van der Waals surface area contributed by atoms with Crippen LogP contribution in [-0.4, -0.2) is 4.40 Å². The lowest BCUT2D eigenvalue weighted by Gasteiger charge is -2.04. The van der Waals surface area contributed by atoms with Gasteiger partial charge in [-0.25, -0.2) is 0 Å². The fourth-order valence-electron chi connectivity index (χ4n) is 2.11. The lowest BCUT2D eigenvalue weighted by Crippen LogP contribution is -1.97. The van der Waals surface area contributed by atoms with Crippen LogP contribution in [0.3, 0.4) is 0 Å². The van der Waals surface area contributed by atoms with Gasteiger partial charge in [0.1, 0.15) is 6.63 Å². The predicted octanol–water partition coefficient (Wildman–Crippen LogP) is 5.02. The van der Waals surface area contributed by atoms with E-state index in [0.717, 1.165) is 21.9 Å². The van der Waals surface area contributed by atoms with E-state index in [-0.39, 0.29) is 0 Å². The van der Waals surface area contributed by atoms with Crippen molar-refractivity contribution in [1.29, 1.82) is 0 Å². The van der Waals surface area contributed by atoms with Gasteiger partial charge in [0, 0.05) is 23.3 Å². The highest BCUT2D eigenvalue weighted by molar-refractivity contribution is 8.09. The van der Waals surface area contributed by atoms with Crippen molar-refractivity contribution in [2.24, 2.45) is 0 Å². The minimum absolute atomic E-state index is 1.03. The highest BCUT2D eigenvalue weighted by Gasteiger charge is 2.17. The number of rotatable bonds is 2. The second-order valence-electron chi connectivity index (χ2n) is 3.98. The predicted molar refractivity (Wildman–Crippen MR) is 81.1 cm³/mol. The van der Waals surface area contributed by atoms with Crippen molar-refractivity contribution in [2.75, 3.05) is 0 Å². The summed E-state index contributed by atoms with van der Waals surface area (Å²) in [6.45, 7) is -1.18. The van der Waals surface area contributed by atoms with Crippen LogP contribution in [0.4, 0.5) is 0 Å². The summed E-state index contributed by atoms with van der Waals surface area (Å²) >= 11 is 12.4. The first-order valence-corrected chi connectivity index (χ1v) is 8.69. The van der Waals surface area contributed by atoms with Gasteiger partial charge < -0.3 is 4.40 Å². The van der Waals surface area contributed by atoms with Gasteiger partial charge in [-0.2, -0.15) is 0 Å². The second-order valence-corrected chi connectivity index (χ2v) is 7.44. The van der Waals surface area contributed by atoms with Crippen molar-refractivity contribution in [2.45, 2.75) is 0 Å². The summed E-state index contributed by atoms with van der Waals surface area (Å²) in [5.41, 5.74) is 3.33. The van der Waals surface area contributed by atoms with Crippen molar-refractivity contribution in [3.05, 3.63) is 60.9 Å². The van der Waals surface area contributed by atoms with Gasteiger partial charge in [-0.05, 0) is 17.7 Å². The molecule has 0 aliphatic heterocycles. The van der Waals surface area contributed by atoms with Crippen molar-refractivity contribution in [3.63, 3.8) is 0 Å². The molecule has 18 heavy (non-hydrogen) atoms. The maximum atomic E-state index is 6.20. The molecule has 3 rings (SSSR count). The molecular weight excluding hydrogens is 284 g/mol. The van der Waals surface area contributed by atoms with E-state index >= 15 is 0 Å². The van der Waals surface area contributed by atoms with Crippen molar-refractivity contribution >= 4 is 39.9 Å². The van der Waals surface area contributed by atoms with E-state index in [1.807, 2.05) is 42.6 Å². The van der Waals surface area contributed by atoms with E-state index < -0.39 is 6.63 Å². The van der Waals surface area contributed by atoms with Gasteiger partial charge in [0.15, 0.2) is 0 Å². The average Bonchev–Trinajstić information content (AvgIpc) is 2.79. The molecule has 0 atom stereocenters. The van der Waals surface area contributed by atoms with Crippen molar-refractivity contribution in [1.82, 2.24) is 4.40 Å². The van der Waals surface area contributed by atoms with Gasteiger partial charge in [0.25, 0.3) is 0 Å². The Morgan fingerprint density at radius 1 is 0.889 bits per heavy atom. The van der Waals surface area contributed by atoms with Crippen molar-refractivity contribution < 1.29 is 0 Å². The van der Waals surface area contributed by atoms with E-state index in [1.54, 1.807) is 0 Å². The first-order valence-electron chi connectivity index (χ1n) is 5.54. The zero-order valence-corrected chi connectivity index (χ0v) is 11.8. The highest BCUT2D eigenvalue weighted by atomic mass is 35.9. The lowest BCUT2D eigenvalue weighted by atomic mass is 10.1. The fraction of sp³-hybridized carbons (Fsp3) is 0. The molecule has 0 unspecified atom stereocenters. The molecule has 0 fully saturated rings. The second kappa shape index (κ2) is 4.93. The molecule has 0 amide bonds. The quantitative estimate of drug-likeness (QED) is 0.584. The van der Waals surface area contributed by atoms with Gasteiger partial charge in [-0.15, -0.1) is 0 Å². The molecule has 1 nitrogen and oxygen atoms in total. The van der Waals surface area contributed by atoms with Gasteiger partial charge in [-0.1, -0.05) is 58.9 Å². The zero-order chi connectivity index (χ0) is 12.5. The Labute approximate surface area is 116 Å². The summed E-state index contributed by atoms with van der Waals surface area (Å²) < 4.78 is 2.07. The number of nitrogens with zero attached hydrogens (tertiary/aromatic N) is 1. The Morgan fingerprint density at radius 2 is 1.61 bits per heavy atom. The normalized spacial score (nSPS) is 11.3. The first kappa shape index (κ1) is 12.0. The largest absolute Gasteiger partial charge is 0.322 e. The van der Waals surface area contributed by atoms with Crippen LogP contribution in [0, 0.1) is 0 Å². The standard InChI is InChI=1S/C14H10Cl2NP/c15-18(16)14-12(11-6-2-1-3-7-11)10-17-9-5-4-8-13(14)17/h1-10H. The molecule has 0 saturated heterocycles. The maximum absolute atomic E-state index is 6.20. The van der Waals surface area contributed by atoms with Gasteiger partial charge in [-0.3, -0.25) is 0 Å². The summed E-state index contributed by atoms with van der Waals surface area (Å²) in [6, 6.07) is 16.2. The van der Waals surface area contributed by atoms with Crippen molar-refractivity contribution in [3.8, 4) is 11.1 Å². The minimum atomic E-state index is -1.18. The van der Waals surface area contributed by atoms with Crippen LogP contribution in [0.15, 0.2) is 60.9 Å². The SMILES string of the molecule is ClP(Cl)c1c(-c2ccccc2)cn2ccccc12. The van der Waals surface area contributed by atoms with Crippen LogP contribution in [0.2, 0.25) is 0 Å². The number of aromatic nitrogens is 1. The number of pyridine rings is 1. The Bertz CT molecular complexity index is 677. The summed E-state index contributed by atoms with van der Waals surface area (Å²) in [6.07, 6.45) is 4.10. The van der Waals surface area contributed by atoms with Gasteiger partial charge >= 0.3 is 0 Å². The zero-order valence-electron chi connectivity index (χ0n) is 9.42. The molecule has 0 N–H and O–H groups in total. The topological polar surface area (TPSA) is 4.41 Å². The molecule has 0 saturated carbocycles. The first-order chi connectivity index (χ1) is 8.77. The van der Waals surface area contributed by atoms with E-state index in [0.29, 0.717) is 0 Å². The molecule has 2 heterocycles. The number of hydrogen-bond donors (Lipinski definition) is 0. The minimum Gasteiger partial charge on any atom is -0.322 e. The van der Waals surface area contributed by atoms with Gasteiger partial charge in [0.05, 0.1) is 5.52 Å². The van der Waals surface area contributed by atoms with E-state index in [4.69, 9.17) is 22.5 Å². The smallest absolute Gasteiger partial charge is 0.119 e. The van der Waals surface area contributed by atoms with Crippen LogP contribution >= 0.6 is 29.1 Å². The Balaban J connectivity index is 2.32. The average molecular weight is 294 g/mol. The van der Waals surface area contributed by atoms with Crippen LogP contribution in [0.25, 0.3) is 16.6 Å². The number of fused-ring (bicyclic) bond motifs is 1. The Hall–Kier alpha value is -1.01. The molecule has 0 aliphatic carbocycles. The van der Waals surface area contributed by atoms with E-state index in [9.17, 15) is 0 Å². The number of halogens is 2. The molecule has 0 spiro atoms. The third-order valence-corrected chi connectivity index (χ3v) is 4.73. The molecule has 0 aliphatic rings. The number of benzene rings is 1. The number of hydrogen-bond acceptors (Lipinski definition) is 0. The van der Waals surface area contributed by atoms with Gasteiger partial charge in [0.2, 0.25) is 0 Å². The van der Waals surface area contributed by atoms with Crippen LogP contribution in [0.1, 0.15) is 0 Å². The third-order valence-electron chi connectivity index (χ3n) is 2.91. The molecular formula is C14H10Cl2NP. The summed E-state index contributed by atoms with van der Waals surface area (Å²) in [5.74, 6) is 0. The monoisotopic (exact) mass is 293 g/mol. The summed E-state index contributed by atoms with van der Waals surface area (Å²) in [4.78, 5) is 0. The molecule has 4 heteroatoms. The van der Waals surface area contributed by atoms with Crippen LogP contribution in [-0.2, 0) is 0 Å². The molecule has 0 bridgehead atoms. The molecule has 3 aromatic rings. The molecule has 0 radical (unpaired) electrons. The Kier molecular flexibility index (Phi) is 3.30. The van der Waals surface area contributed by atoms with E-state index in [2.05, 4.69) is 22.7 Å². The maximum Gasteiger partial charge on any atom is 0.119 e.